The van der Waals surface area contributed by atoms with Crippen LogP contribution in [0, 0.1) is 0 Å². The first-order chi connectivity index (χ1) is 13.4. The van der Waals surface area contributed by atoms with Gasteiger partial charge in [-0.15, -0.1) is 0 Å². The molecule has 0 unspecified atom stereocenters. The Bertz CT molecular complexity index is 490. The molecule has 14 heteroatoms. The molecule has 0 aromatic carbocycles. The Hall–Kier alpha value is 1.04. The van der Waals surface area contributed by atoms with Crippen molar-refractivity contribution in [1.29, 1.82) is 0 Å². The average molecular weight is 573 g/mol. The Balaban J connectivity index is 5.31. The fourth-order valence-electron chi connectivity index (χ4n) is 2.95. The van der Waals surface area contributed by atoms with Crippen molar-refractivity contribution in [3.05, 3.63) is 12.2 Å². The number of rotatable bonds is 16. The number of ether oxygens (including phenoxy) is 1. The van der Waals surface area contributed by atoms with Crippen molar-refractivity contribution in [3.63, 3.8) is 0 Å². The minimum atomic E-state index is -1.44. The van der Waals surface area contributed by atoms with Crippen LogP contribution in [0.2, 0.25) is 63.2 Å². The zero-order valence-corrected chi connectivity index (χ0v) is 32.9. The highest BCUT2D eigenvalue weighted by molar-refractivity contribution is 7.24. The lowest BCUT2D eigenvalue weighted by Crippen LogP contribution is -2.47. The molecule has 0 bridgehead atoms. The Labute approximate surface area is 202 Å². The van der Waals surface area contributed by atoms with E-state index in [1.807, 2.05) is 0 Å². The zero-order valence-electron chi connectivity index (χ0n) is 21.4. The minimum Gasteiger partial charge on any atom is -0.464 e. The van der Waals surface area contributed by atoms with E-state index in [0.29, 0.717) is 16.5 Å². The molecule has 0 fully saturated rings. The van der Waals surface area contributed by atoms with Gasteiger partial charge in [0.15, 0.2) is 25.0 Å². The monoisotopic (exact) mass is 572 g/mol. The van der Waals surface area contributed by atoms with E-state index in [9.17, 15) is 4.79 Å². The topological polar surface area (TPSA) is 54.0 Å². The summed E-state index contributed by atoms with van der Waals surface area (Å²) in [5.41, 5.74) is 0.497. The van der Waals surface area contributed by atoms with Crippen LogP contribution in [-0.4, -0.2) is 92.5 Å². The summed E-state index contributed by atoms with van der Waals surface area (Å²) in [5.74, 6) is -0.240. The van der Waals surface area contributed by atoms with Gasteiger partial charge in [0.05, 0.1) is 6.61 Å². The van der Waals surface area contributed by atoms with Gasteiger partial charge in [-0.3, -0.25) is 0 Å². The van der Waals surface area contributed by atoms with Gasteiger partial charge in [-0.05, 0) is 72.3 Å². The summed E-state index contributed by atoms with van der Waals surface area (Å²) in [7, 11) is -6.32. The second kappa shape index (κ2) is 13.7. The van der Waals surface area contributed by atoms with Crippen molar-refractivity contribution in [2.45, 2.75) is 76.6 Å². The number of carbonyl (C=O) groups is 1. The van der Waals surface area contributed by atoms with Crippen molar-refractivity contribution in [1.82, 2.24) is 0 Å². The Kier molecular flexibility index (Phi) is 14.2. The quantitative estimate of drug-likeness (QED) is 0.143. The minimum absolute atomic E-state index is 0.240. The van der Waals surface area contributed by atoms with Gasteiger partial charge in [0, 0.05) is 32.7 Å². The average Bonchev–Trinajstić information content (AvgIpc) is 2.50. The van der Waals surface area contributed by atoms with Crippen LogP contribution >= 0.6 is 0 Å². The van der Waals surface area contributed by atoms with Gasteiger partial charge in [0.25, 0.3) is 0 Å². The van der Waals surface area contributed by atoms with E-state index in [1.54, 1.807) is 6.92 Å². The van der Waals surface area contributed by atoms with Crippen LogP contribution in [0.25, 0.3) is 0 Å². The molecule has 0 spiro atoms. The third kappa shape index (κ3) is 17.6. The fourth-order valence-corrected chi connectivity index (χ4v) is 77.2. The number of carbonyl (C=O) groups excluding carboxylic acids is 1. The van der Waals surface area contributed by atoms with E-state index in [2.05, 4.69) is 65.5 Å². The van der Waals surface area contributed by atoms with Gasteiger partial charge in [0.2, 0.25) is 0 Å². The lowest BCUT2D eigenvalue weighted by molar-refractivity contribution is -0.139. The molecule has 30 heavy (non-hydrogen) atoms. The highest BCUT2D eigenvalue weighted by Crippen LogP contribution is 2.27. The molecular weight excluding hydrogens is 525 g/mol. The van der Waals surface area contributed by atoms with Gasteiger partial charge in [-0.2, -0.15) is 0 Å². The maximum atomic E-state index is 11.9. The largest absolute Gasteiger partial charge is 0.464 e. The SMILES string of the molecule is C=C(C)C(=O)OCCC([SiH2][SiH2]O[Si](C)(C)C)([SiH2][SiH2]O[Si](C)(C)C)[SiH2][SiH2]O[Si](C)(C)C. The lowest BCUT2D eigenvalue weighted by atomic mass is 10.4. The van der Waals surface area contributed by atoms with Crippen LogP contribution in [0.5, 0.6) is 0 Å². The molecule has 0 aliphatic carbocycles. The number of hydrogen-bond donors (Lipinski definition) is 0. The highest BCUT2D eigenvalue weighted by atomic mass is 29.2. The van der Waals surface area contributed by atoms with E-state index in [4.69, 9.17) is 17.1 Å². The van der Waals surface area contributed by atoms with Crippen molar-refractivity contribution < 1.29 is 21.9 Å². The first-order valence-electron chi connectivity index (χ1n) is 11.2. The highest BCUT2D eigenvalue weighted by Gasteiger charge is 2.34. The molecule has 0 aliphatic rings. The first kappa shape index (κ1) is 31.0. The van der Waals surface area contributed by atoms with Gasteiger partial charge >= 0.3 is 5.97 Å². The van der Waals surface area contributed by atoms with Crippen LogP contribution in [-0.2, 0) is 21.9 Å². The van der Waals surface area contributed by atoms with E-state index in [1.165, 1.54) is 0 Å². The lowest BCUT2D eigenvalue weighted by Gasteiger charge is -2.35. The summed E-state index contributed by atoms with van der Waals surface area (Å²) < 4.78 is 25.6. The van der Waals surface area contributed by atoms with Gasteiger partial charge in [-0.1, -0.05) is 10.9 Å². The molecule has 0 heterocycles. The third-order valence-corrected chi connectivity index (χ3v) is 58.4. The van der Waals surface area contributed by atoms with Crippen LogP contribution in [0.3, 0.4) is 0 Å². The summed E-state index contributed by atoms with van der Waals surface area (Å²) in [5, 5.41) is 0. The molecule has 0 amide bonds. The molecule has 178 valence electrons. The summed E-state index contributed by atoms with van der Waals surface area (Å²) in [6, 6.07) is 0. The zero-order chi connectivity index (χ0) is 23.6. The Morgan fingerprint density at radius 2 is 1.10 bits per heavy atom. The fraction of sp³-hybridized carbons (Fsp3) is 0.812. The standard InChI is InChI=1S/C16H48O5Si9/c1-14(2)15(17)18-13-12-16(22-25-19-28(3,4)5,23-26-20-29(6,7)8)24-27-21-30(9,10)11/h1,12-13,22-27H2,2-11H3. The molecule has 0 radical (unpaired) electrons. The molecule has 0 aliphatic heterocycles. The second-order valence-electron chi connectivity index (χ2n) is 11.3. The summed E-state index contributed by atoms with van der Waals surface area (Å²) in [4.78, 5) is 11.9. The van der Waals surface area contributed by atoms with Gasteiger partial charge in [0.1, 0.15) is 27.8 Å². The van der Waals surface area contributed by atoms with E-state index < -0.39 is 52.8 Å². The summed E-state index contributed by atoms with van der Waals surface area (Å²) in [6.45, 7) is 26.8. The molecule has 0 aromatic rings. The second-order valence-corrected chi connectivity index (χ2v) is 45.8. The van der Waals surface area contributed by atoms with E-state index >= 15 is 0 Å². The van der Waals surface area contributed by atoms with Crippen molar-refractivity contribution in [3.8, 4) is 0 Å². The molecule has 0 aromatic heterocycles. The third-order valence-electron chi connectivity index (χ3n) is 4.72. The van der Waals surface area contributed by atoms with Crippen molar-refractivity contribution in [2.24, 2.45) is 0 Å². The van der Waals surface area contributed by atoms with Crippen molar-refractivity contribution in [2.75, 3.05) is 6.61 Å². The normalized spacial score (nSPS) is 17.4. The van der Waals surface area contributed by atoms with Crippen LogP contribution in [0.4, 0.5) is 0 Å². The maximum absolute atomic E-state index is 11.9. The first-order valence-corrected chi connectivity index (χ1v) is 37.3. The van der Waals surface area contributed by atoms with Gasteiger partial charge < -0.3 is 17.1 Å². The Morgan fingerprint density at radius 3 is 1.37 bits per heavy atom. The number of hydrogen-bond acceptors (Lipinski definition) is 5. The van der Waals surface area contributed by atoms with Crippen molar-refractivity contribution >= 4 is 85.9 Å². The predicted octanol–water partition coefficient (Wildman–Crippen LogP) is -0.373. The summed E-state index contributed by atoms with van der Waals surface area (Å²) >= 11 is 0. The van der Waals surface area contributed by atoms with Crippen LogP contribution < -0.4 is 0 Å². The maximum Gasteiger partial charge on any atom is 0.333 e. The molecule has 0 atom stereocenters. The summed E-state index contributed by atoms with van der Waals surface area (Å²) in [6.07, 6.45) is 1.07. The molecular formula is C16H48O5Si9. The molecule has 0 rings (SSSR count). The molecule has 5 nitrogen and oxygen atoms in total. The predicted molar refractivity (Wildman–Crippen MR) is 158 cm³/mol. The van der Waals surface area contributed by atoms with Gasteiger partial charge in [-0.25, -0.2) is 4.79 Å². The van der Waals surface area contributed by atoms with Crippen LogP contribution in [0.15, 0.2) is 12.2 Å². The molecule has 0 N–H and O–H groups in total. The molecule has 0 saturated heterocycles. The van der Waals surface area contributed by atoms with Crippen LogP contribution in [0.1, 0.15) is 13.3 Å². The number of esters is 1. The Morgan fingerprint density at radius 1 is 0.767 bits per heavy atom. The van der Waals surface area contributed by atoms with E-state index in [-0.39, 0.29) is 33.1 Å². The van der Waals surface area contributed by atoms with E-state index in [0.717, 1.165) is 6.42 Å². The smallest absolute Gasteiger partial charge is 0.333 e. The molecule has 0 saturated carbocycles.